The first-order chi connectivity index (χ1) is 13.9. The fraction of sp³-hybridized carbons (Fsp3) is 0.435. The Morgan fingerprint density at radius 3 is 2.10 bits per heavy atom. The van der Waals surface area contributed by atoms with Crippen molar-refractivity contribution in [3.63, 3.8) is 0 Å². The van der Waals surface area contributed by atoms with Crippen molar-refractivity contribution in [1.29, 1.82) is 0 Å². The zero-order valence-corrected chi connectivity index (χ0v) is 20.1. The molecule has 0 radical (unpaired) electrons. The molecule has 0 amide bonds. The first-order valence-corrected chi connectivity index (χ1v) is 12.7. The van der Waals surface area contributed by atoms with Gasteiger partial charge in [-0.15, -0.1) is 0 Å². The number of phenols is 1. The van der Waals surface area contributed by atoms with Crippen LogP contribution in [0.2, 0.25) is 18.1 Å². The zero-order chi connectivity index (χ0) is 22.7. The van der Waals surface area contributed by atoms with Crippen LogP contribution in [-0.4, -0.2) is 33.6 Å². The normalized spacial score (nSPS) is 11.7. The number of methoxy groups -OCH3 is 2. The lowest BCUT2D eigenvalue weighted by Crippen LogP contribution is -2.44. The molecule has 0 spiro atoms. The molecule has 0 saturated carbocycles. The molecule has 2 aromatic carbocycles. The Morgan fingerprint density at radius 2 is 1.57 bits per heavy atom. The van der Waals surface area contributed by atoms with Crippen LogP contribution in [0.1, 0.15) is 33.3 Å². The van der Waals surface area contributed by atoms with E-state index in [9.17, 15) is 9.90 Å². The minimum atomic E-state index is -2.20. The Bertz CT molecular complexity index is 915. The summed E-state index contributed by atoms with van der Waals surface area (Å²) in [4.78, 5) is 11.5. The predicted molar refractivity (Wildman–Crippen MR) is 120 cm³/mol. The number of carbonyl (C=O) groups is 1. The quantitative estimate of drug-likeness (QED) is 0.458. The second-order valence-electron chi connectivity index (χ2n) is 8.62. The van der Waals surface area contributed by atoms with Gasteiger partial charge >= 0.3 is 5.97 Å². The summed E-state index contributed by atoms with van der Waals surface area (Å²) in [6.45, 7) is 12.1. The summed E-state index contributed by atoms with van der Waals surface area (Å²) in [5, 5.41) is 10.8. The van der Waals surface area contributed by atoms with Gasteiger partial charge in [-0.25, -0.2) is 0 Å². The molecular formula is C23H32O6Si. The average molecular weight is 433 g/mol. The van der Waals surface area contributed by atoms with Gasteiger partial charge in [-0.3, -0.25) is 4.79 Å². The maximum atomic E-state index is 11.5. The molecule has 0 atom stereocenters. The molecule has 6 nitrogen and oxygen atoms in total. The Balaban J connectivity index is 2.79. The van der Waals surface area contributed by atoms with Gasteiger partial charge in [-0.1, -0.05) is 26.8 Å². The van der Waals surface area contributed by atoms with Crippen molar-refractivity contribution in [3.05, 3.63) is 35.9 Å². The summed E-state index contributed by atoms with van der Waals surface area (Å²) < 4.78 is 23.0. The lowest BCUT2D eigenvalue weighted by atomic mass is 9.96. The van der Waals surface area contributed by atoms with Gasteiger partial charge in [0, 0.05) is 18.1 Å². The third-order valence-corrected chi connectivity index (χ3v) is 9.86. The van der Waals surface area contributed by atoms with Crippen LogP contribution in [0.25, 0.3) is 11.1 Å². The molecule has 30 heavy (non-hydrogen) atoms. The van der Waals surface area contributed by atoms with E-state index in [1.165, 1.54) is 6.92 Å². The number of esters is 1. The van der Waals surface area contributed by atoms with Gasteiger partial charge in [0.05, 0.1) is 19.8 Å². The van der Waals surface area contributed by atoms with Gasteiger partial charge in [0.1, 0.15) is 29.6 Å². The first kappa shape index (κ1) is 23.6. The van der Waals surface area contributed by atoms with E-state index in [2.05, 4.69) is 33.9 Å². The molecule has 0 aliphatic carbocycles. The van der Waals surface area contributed by atoms with Crippen LogP contribution in [0.15, 0.2) is 30.3 Å². The molecule has 0 aliphatic heterocycles. The van der Waals surface area contributed by atoms with Gasteiger partial charge in [0.25, 0.3) is 8.32 Å². The summed E-state index contributed by atoms with van der Waals surface area (Å²) in [7, 11) is 0.889. The highest BCUT2D eigenvalue weighted by Gasteiger charge is 2.40. The molecule has 164 valence electrons. The highest BCUT2D eigenvalue weighted by molar-refractivity contribution is 6.74. The minimum absolute atomic E-state index is 0.0289. The second kappa shape index (κ2) is 9.00. The van der Waals surface area contributed by atoms with Crippen LogP contribution < -0.4 is 13.9 Å². The molecule has 1 N–H and O–H groups in total. The third-order valence-electron chi connectivity index (χ3n) is 5.52. The smallest absolute Gasteiger partial charge is 0.302 e. The lowest BCUT2D eigenvalue weighted by molar-refractivity contribution is -0.142. The van der Waals surface area contributed by atoms with E-state index in [0.29, 0.717) is 33.9 Å². The van der Waals surface area contributed by atoms with Crippen molar-refractivity contribution in [3.8, 4) is 34.1 Å². The molecule has 0 heterocycles. The van der Waals surface area contributed by atoms with E-state index in [4.69, 9.17) is 18.6 Å². The van der Waals surface area contributed by atoms with Crippen LogP contribution >= 0.6 is 0 Å². The van der Waals surface area contributed by atoms with Gasteiger partial charge in [-0.2, -0.15) is 0 Å². The summed E-state index contributed by atoms with van der Waals surface area (Å²) in [6.07, 6.45) is 0. The second-order valence-corrected chi connectivity index (χ2v) is 13.3. The summed E-state index contributed by atoms with van der Waals surface area (Å²) in [5.74, 6) is 1.22. The molecular weight excluding hydrogens is 400 g/mol. The number of aromatic hydroxyl groups is 1. The average Bonchev–Trinajstić information content (AvgIpc) is 2.64. The Kier molecular flexibility index (Phi) is 7.08. The van der Waals surface area contributed by atoms with E-state index in [1.807, 2.05) is 6.07 Å². The first-order valence-electron chi connectivity index (χ1n) is 9.81. The number of hydrogen-bond donors (Lipinski definition) is 1. The maximum absolute atomic E-state index is 11.5. The monoisotopic (exact) mass is 432 g/mol. The SMILES string of the molecule is COc1ccc(OC)c(-c2c(O)cccc2O[Si](C)(C)C(C)(C)C)c1COC(C)=O. The molecule has 7 heteroatoms. The molecule has 0 unspecified atom stereocenters. The summed E-state index contributed by atoms with van der Waals surface area (Å²) >= 11 is 0. The molecule has 0 bridgehead atoms. The van der Waals surface area contributed by atoms with Crippen molar-refractivity contribution in [2.45, 2.75) is 52.4 Å². The van der Waals surface area contributed by atoms with E-state index < -0.39 is 14.3 Å². The standard InChI is InChI=1S/C23H32O6Si/c1-15(24)28-14-16-18(26-5)12-13-19(27-6)21(16)22-17(25)10-9-11-20(22)29-30(7,8)23(2,3)4/h9-13,25H,14H2,1-8H3. The fourth-order valence-corrected chi connectivity index (χ4v) is 3.87. The number of rotatable bonds is 7. The number of benzene rings is 2. The topological polar surface area (TPSA) is 74.2 Å². The van der Waals surface area contributed by atoms with Gasteiger partial charge in [0.15, 0.2) is 0 Å². The molecule has 0 aromatic heterocycles. The van der Waals surface area contributed by atoms with Crippen molar-refractivity contribution in [1.82, 2.24) is 0 Å². The number of hydrogen-bond acceptors (Lipinski definition) is 6. The van der Waals surface area contributed by atoms with Crippen molar-refractivity contribution >= 4 is 14.3 Å². The Labute approximate surface area is 179 Å². The van der Waals surface area contributed by atoms with Crippen LogP contribution in [0.4, 0.5) is 0 Å². The van der Waals surface area contributed by atoms with Gasteiger partial charge < -0.3 is 23.7 Å². The third kappa shape index (κ3) is 4.90. The van der Waals surface area contributed by atoms with Crippen molar-refractivity contribution < 1.29 is 28.5 Å². The number of ether oxygens (including phenoxy) is 3. The molecule has 0 fully saturated rings. The molecule has 2 rings (SSSR count). The van der Waals surface area contributed by atoms with E-state index in [0.717, 1.165) is 0 Å². The van der Waals surface area contributed by atoms with Crippen LogP contribution in [-0.2, 0) is 16.1 Å². The van der Waals surface area contributed by atoms with Gasteiger partial charge in [-0.05, 0) is 42.4 Å². The maximum Gasteiger partial charge on any atom is 0.302 e. The highest BCUT2D eigenvalue weighted by atomic mass is 28.4. The Hall–Kier alpha value is -2.67. The van der Waals surface area contributed by atoms with E-state index in [1.54, 1.807) is 38.5 Å². The van der Waals surface area contributed by atoms with Crippen LogP contribution in [0.5, 0.6) is 23.0 Å². The number of phenolic OH excluding ortho intramolecular Hbond substituents is 1. The predicted octanol–water partition coefficient (Wildman–Crippen LogP) is 5.52. The van der Waals surface area contributed by atoms with E-state index >= 15 is 0 Å². The van der Waals surface area contributed by atoms with Crippen molar-refractivity contribution in [2.24, 2.45) is 0 Å². The molecule has 0 saturated heterocycles. The van der Waals surface area contributed by atoms with Crippen molar-refractivity contribution in [2.75, 3.05) is 14.2 Å². The van der Waals surface area contributed by atoms with Crippen LogP contribution in [0, 0.1) is 0 Å². The van der Waals surface area contributed by atoms with E-state index in [-0.39, 0.29) is 17.4 Å². The molecule has 0 aliphatic rings. The zero-order valence-electron chi connectivity index (χ0n) is 19.1. The van der Waals surface area contributed by atoms with Crippen LogP contribution in [0.3, 0.4) is 0 Å². The highest BCUT2D eigenvalue weighted by Crippen LogP contribution is 2.49. The lowest BCUT2D eigenvalue weighted by Gasteiger charge is -2.37. The fourth-order valence-electron chi connectivity index (χ4n) is 2.84. The Morgan fingerprint density at radius 1 is 0.967 bits per heavy atom. The van der Waals surface area contributed by atoms with Gasteiger partial charge in [0.2, 0.25) is 0 Å². The minimum Gasteiger partial charge on any atom is -0.543 e. The summed E-state index contributed by atoms with van der Waals surface area (Å²) in [5.41, 5.74) is 1.65. The largest absolute Gasteiger partial charge is 0.543 e. The molecule has 2 aromatic rings. The summed E-state index contributed by atoms with van der Waals surface area (Å²) in [6, 6.07) is 8.69. The number of carbonyl (C=O) groups excluding carboxylic acids is 1.